The van der Waals surface area contributed by atoms with Crippen molar-refractivity contribution < 1.29 is 4.79 Å². The summed E-state index contributed by atoms with van der Waals surface area (Å²) in [6, 6.07) is 2.24. The van der Waals surface area contributed by atoms with E-state index in [0.717, 1.165) is 24.8 Å². The highest BCUT2D eigenvalue weighted by Gasteiger charge is 2.36. The third-order valence-electron chi connectivity index (χ3n) is 3.46. The molecule has 1 N–H and O–H groups in total. The topological polar surface area (TPSA) is 70.7 Å². The van der Waals surface area contributed by atoms with Crippen LogP contribution >= 0.6 is 0 Å². The molecule has 1 amide bonds. The number of aromatic nitrogens is 2. The van der Waals surface area contributed by atoms with Crippen molar-refractivity contribution in [1.82, 2.24) is 15.1 Å². The van der Waals surface area contributed by atoms with Gasteiger partial charge in [0.2, 0.25) is 5.91 Å². The molecule has 0 saturated heterocycles. The maximum absolute atomic E-state index is 12.3. The Morgan fingerprint density at radius 1 is 1.45 bits per heavy atom. The number of hydrogen-bond acceptors (Lipinski definition) is 3. The molecule has 0 aliphatic rings. The second-order valence-corrected chi connectivity index (χ2v) is 5.22. The van der Waals surface area contributed by atoms with Crippen LogP contribution in [0, 0.1) is 16.7 Å². The van der Waals surface area contributed by atoms with Gasteiger partial charge in [-0.05, 0) is 24.8 Å². The van der Waals surface area contributed by atoms with E-state index in [0.29, 0.717) is 19.4 Å². The molecule has 5 nitrogen and oxygen atoms in total. The molecule has 1 rings (SSSR count). The van der Waals surface area contributed by atoms with Crippen molar-refractivity contribution in [2.75, 3.05) is 6.54 Å². The van der Waals surface area contributed by atoms with Crippen LogP contribution in [0.5, 0.6) is 0 Å². The molecule has 0 aliphatic carbocycles. The Labute approximate surface area is 121 Å². The van der Waals surface area contributed by atoms with Crippen LogP contribution in [0.15, 0.2) is 12.4 Å². The minimum absolute atomic E-state index is 0.132. The lowest BCUT2D eigenvalue weighted by atomic mass is 9.80. The number of nitrogens with zero attached hydrogens (tertiary/aromatic N) is 3. The average molecular weight is 276 g/mol. The van der Waals surface area contributed by atoms with E-state index in [2.05, 4.69) is 16.5 Å². The maximum Gasteiger partial charge on any atom is 0.240 e. The van der Waals surface area contributed by atoms with Crippen LogP contribution in [-0.4, -0.2) is 22.2 Å². The van der Waals surface area contributed by atoms with Crippen molar-refractivity contribution in [1.29, 1.82) is 5.26 Å². The number of carbonyl (C=O) groups is 1. The molecule has 1 aromatic heterocycles. The molecule has 1 heterocycles. The Balaban J connectivity index is 2.56. The van der Waals surface area contributed by atoms with E-state index in [-0.39, 0.29) is 5.91 Å². The first-order valence-electron chi connectivity index (χ1n) is 7.25. The van der Waals surface area contributed by atoms with Gasteiger partial charge in [-0.25, -0.2) is 0 Å². The molecule has 0 radical (unpaired) electrons. The van der Waals surface area contributed by atoms with Crippen LogP contribution in [0.25, 0.3) is 0 Å². The van der Waals surface area contributed by atoms with Gasteiger partial charge < -0.3 is 5.32 Å². The highest BCUT2D eigenvalue weighted by atomic mass is 16.2. The molecule has 0 unspecified atom stereocenters. The molecule has 0 fully saturated rings. The fraction of sp³-hybridized carbons (Fsp3) is 0.667. The fourth-order valence-corrected chi connectivity index (χ4v) is 2.46. The highest BCUT2D eigenvalue weighted by Crippen LogP contribution is 2.29. The van der Waals surface area contributed by atoms with Gasteiger partial charge in [0.05, 0.1) is 12.3 Å². The van der Waals surface area contributed by atoms with E-state index >= 15 is 0 Å². The Morgan fingerprint density at radius 3 is 2.55 bits per heavy atom. The highest BCUT2D eigenvalue weighted by molar-refractivity contribution is 5.85. The van der Waals surface area contributed by atoms with Crippen molar-refractivity contribution in [2.45, 2.75) is 46.0 Å². The summed E-state index contributed by atoms with van der Waals surface area (Å²) in [6.45, 7) is 4.55. The van der Waals surface area contributed by atoms with Gasteiger partial charge in [0.1, 0.15) is 5.41 Å². The van der Waals surface area contributed by atoms with Crippen molar-refractivity contribution in [3.05, 3.63) is 18.0 Å². The summed E-state index contributed by atoms with van der Waals surface area (Å²) in [5, 5.41) is 16.4. The van der Waals surface area contributed by atoms with Crippen LogP contribution in [0.3, 0.4) is 0 Å². The van der Waals surface area contributed by atoms with Gasteiger partial charge in [0, 0.05) is 19.8 Å². The number of amides is 1. The first kappa shape index (κ1) is 16.2. The minimum Gasteiger partial charge on any atom is -0.354 e. The van der Waals surface area contributed by atoms with Crippen molar-refractivity contribution in [2.24, 2.45) is 12.5 Å². The quantitative estimate of drug-likeness (QED) is 0.791. The first-order valence-corrected chi connectivity index (χ1v) is 7.25. The molecule has 110 valence electrons. The molecule has 1 aromatic rings. The molecule has 0 saturated carbocycles. The Hall–Kier alpha value is -1.83. The number of hydrogen-bond donors (Lipinski definition) is 1. The lowest BCUT2D eigenvalue weighted by Crippen LogP contribution is -2.41. The number of nitriles is 1. The SMILES string of the molecule is CCCC(C#N)(CCC)C(=O)NCCc1cnn(C)c1. The van der Waals surface area contributed by atoms with Crippen molar-refractivity contribution in [3.8, 4) is 6.07 Å². The summed E-state index contributed by atoms with van der Waals surface area (Å²) in [4.78, 5) is 12.3. The maximum atomic E-state index is 12.3. The molecule has 0 aromatic carbocycles. The molecule has 5 heteroatoms. The van der Waals surface area contributed by atoms with E-state index in [1.165, 1.54) is 0 Å². The van der Waals surface area contributed by atoms with E-state index in [1.54, 1.807) is 10.9 Å². The largest absolute Gasteiger partial charge is 0.354 e. The zero-order valence-electron chi connectivity index (χ0n) is 12.6. The van der Waals surface area contributed by atoms with Gasteiger partial charge in [-0.2, -0.15) is 10.4 Å². The van der Waals surface area contributed by atoms with Crippen LogP contribution in [0.2, 0.25) is 0 Å². The molecular formula is C15H24N4O. The van der Waals surface area contributed by atoms with Gasteiger partial charge in [-0.15, -0.1) is 0 Å². The third-order valence-corrected chi connectivity index (χ3v) is 3.46. The Morgan fingerprint density at radius 2 is 2.10 bits per heavy atom. The molecule has 0 atom stereocenters. The molecular weight excluding hydrogens is 252 g/mol. The van der Waals surface area contributed by atoms with Crippen LogP contribution in [-0.2, 0) is 18.3 Å². The Kier molecular flexibility index (Phi) is 6.23. The molecule has 0 bridgehead atoms. The van der Waals surface area contributed by atoms with E-state index in [1.807, 2.05) is 27.1 Å². The summed E-state index contributed by atoms with van der Waals surface area (Å²) in [5.74, 6) is -0.132. The second-order valence-electron chi connectivity index (χ2n) is 5.22. The van der Waals surface area contributed by atoms with Gasteiger partial charge in [0.15, 0.2) is 0 Å². The monoisotopic (exact) mass is 276 g/mol. The summed E-state index contributed by atoms with van der Waals surface area (Å²) in [7, 11) is 1.87. The molecule has 20 heavy (non-hydrogen) atoms. The molecule has 0 aliphatic heterocycles. The van der Waals surface area contributed by atoms with Crippen LogP contribution < -0.4 is 5.32 Å². The minimum atomic E-state index is -0.863. The normalized spacial score (nSPS) is 11.1. The average Bonchev–Trinajstić information content (AvgIpc) is 2.84. The van der Waals surface area contributed by atoms with E-state index in [9.17, 15) is 10.1 Å². The predicted octanol–water partition coefficient (Wildman–Crippen LogP) is 2.19. The third kappa shape index (κ3) is 4.09. The number of carbonyl (C=O) groups excluding carboxylic acids is 1. The molecule has 0 spiro atoms. The summed E-state index contributed by atoms with van der Waals surface area (Å²) in [6.07, 6.45) is 7.38. The zero-order valence-corrected chi connectivity index (χ0v) is 12.6. The van der Waals surface area contributed by atoms with Gasteiger partial charge in [-0.1, -0.05) is 26.7 Å². The standard InChI is InChI=1S/C15H24N4O/c1-4-7-15(12-16,8-5-2)14(20)17-9-6-13-10-18-19(3)11-13/h10-11H,4-9H2,1-3H3,(H,17,20). The van der Waals surface area contributed by atoms with Gasteiger partial charge in [0.25, 0.3) is 0 Å². The fourth-order valence-electron chi connectivity index (χ4n) is 2.46. The lowest BCUT2D eigenvalue weighted by Gasteiger charge is -2.24. The predicted molar refractivity (Wildman–Crippen MR) is 77.8 cm³/mol. The first-order chi connectivity index (χ1) is 9.57. The lowest BCUT2D eigenvalue weighted by molar-refractivity contribution is -0.128. The van der Waals surface area contributed by atoms with Gasteiger partial charge in [-0.3, -0.25) is 9.48 Å². The number of aryl methyl sites for hydroxylation is 1. The number of rotatable bonds is 8. The van der Waals surface area contributed by atoms with Crippen molar-refractivity contribution in [3.63, 3.8) is 0 Å². The zero-order chi connectivity index (χ0) is 15.0. The van der Waals surface area contributed by atoms with E-state index < -0.39 is 5.41 Å². The smallest absolute Gasteiger partial charge is 0.240 e. The summed E-state index contributed by atoms with van der Waals surface area (Å²) in [5.41, 5.74) is 0.222. The summed E-state index contributed by atoms with van der Waals surface area (Å²) < 4.78 is 1.74. The summed E-state index contributed by atoms with van der Waals surface area (Å²) >= 11 is 0. The van der Waals surface area contributed by atoms with Crippen molar-refractivity contribution >= 4 is 5.91 Å². The second kappa shape index (κ2) is 7.68. The van der Waals surface area contributed by atoms with Crippen LogP contribution in [0.4, 0.5) is 0 Å². The van der Waals surface area contributed by atoms with Crippen LogP contribution in [0.1, 0.15) is 45.1 Å². The van der Waals surface area contributed by atoms with E-state index in [4.69, 9.17) is 0 Å². The van der Waals surface area contributed by atoms with Gasteiger partial charge >= 0.3 is 0 Å². The number of nitrogens with one attached hydrogen (secondary N) is 1. The Bertz CT molecular complexity index is 466.